The van der Waals surface area contributed by atoms with Crippen LogP contribution < -0.4 is 0 Å². The minimum absolute atomic E-state index is 0.0373. The molecule has 2 aromatic rings. The number of nitriles is 2. The molecule has 6 heteroatoms. The molecule has 0 saturated carbocycles. The van der Waals surface area contributed by atoms with E-state index in [1.165, 1.54) is 17.0 Å². The van der Waals surface area contributed by atoms with Crippen LogP contribution in [0.15, 0.2) is 30.6 Å². The summed E-state index contributed by atoms with van der Waals surface area (Å²) in [6.45, 7) is 0.181. The van der Waals surface area contributed by atoms with Gasteiger partial charge < -0.3 is 9.67 Å². The normalized spacial score (nSPS) is 9.58. The van der Waals surface area contributed by atoms with Gasteiger partial charge in [0.15, 0.2) is 11.4 Å². The highest BCUT2D eigenvalue weighted by molar-refractivity contribution is 5.89. The van der Waals surface area contributed by atoms with Gasteiger partial charge in [0.2, 0.25) is 0 Å². The maximum absolute atomic E-state index is 11.1. The number of aromatic nitrogens is 2. The predicted molar refractivity (Wildman–Crippen MR) is 64.2 cm³/mol. The van der Waals surface area contributed by atoms with Gasteiger partial charge in [0, 0.05) is 0 Å². The third-order valence-corrected chi connectivity index (χ3v) is 2.64. The number of rotatable bonds is 3. The molecule has 0 radical (unpaired) electrons. The van der Waals surface area contributed by atoms with E-state index in [0.717, 1.165) is 0 Å². The smallest absolute Gasteiger partial charge is 0.336 e. The highest BCUT2D eigenvalue weighted by atomic mass is 16.4. The lowest BCUT2D eigenvalue weighted by Gasteiger charge is -2.07. The van der Waals surface area contributed by atoms with Gasteiger partial charge in [0.05, 0.1) is 18.4 Å². The van der Waals surface area contributed by atoms with Crippen molar-refractivity contribution in [3.8, 4) is 12.1 Å². The van der Waals surface area contributed by atoms with Gasteiger partial charge in [-0.05, 0) is 11.6 Å². The topological polar surface area (TPSA) is 103 Å². The number of carbonyl (C=O) groups is 1. The SMILES string of the molecule is N#Cc1ncn(Cc2ccccc2C(=O)O)c1C#N. The summed E-state index contributed by atoms with van der Waals surface area (Å²) in [7, 11) is 0. The average Bonchev–Trinajstić information content (AvgIpc) is 2.81. The van der Waals surface area contributed by atoms with E-state index >= 15 is 0 Å². The van der Waals surface area contributed by atoms with Crippen LogP contribution in [0.4, 0.5) is 0 Å². The Morgan fingerprint density at radius 2 is 2.05 bits per heavy atom. The Bertz CT molecular complexity index is 719. The molecule has 92 valence electrons. The molecule has 1 N–H and O–H groups in total. The zero-order chi connectivity index (χ0) is 13.8. The number of aromatic carboxylic acids is 1. The first kappa shape index (κ1) is 12.3. The highest BCUT2D eigenvalue weighted by Crippen LogP contribution is 2.13. The van der Waals surface area contributed by atoms with Crippen molar-refractivity contribution in [1.82, 2.24) is 9.55 Å². The first-order valence-corrected chi connectivity index (χ1v) is 5.34. The van der Waals surface area contributed by atoms with E-state index in [1.807, 2.05) is 12.1 Å². The van der Waals surface area contributed by atoms with E-state index < -0.39 is 5.97 Å². The van der Waals surface area contributed by atoms with Crippen LogP contribution in [-0.4, -0.2) is 20.6 Å². The summed E-state index contributed by atoms with van der Waals surface area (Å²) in [4.78, 5) is 14.9. The number of carboxylic acid groups (broad SMARTS) is 1. The van der Waals surface area contributed by atoms with Gasteiger partial charge >= 0.3 is 5.97 Å². The molecule has 1 heterocycles. The van der Waals surface area contributed by atoms with Gasteiger partial charge in [-0.15, -0.1) is 0 Å². The van der Waals surface area contributed by atoms with Crippen LogP contribution in [0.2, 0.25) is 0 Å². The van der Waals surface area contributed by atoms with Gasteiger partial charge in [-0.25, -0.2) is 9.78 Å². The fourth-order valence-corrected chi connectivity index (χ4v) is 1.75. The molecule has 0 aliphatic heterocycles. The van der Waals surface area contributed by atoms with E-state index in [1.54, 1.807) is 18.2 Å². The second-order valence-electron chi connectivity index (χ2n) is 3.76. The van der Waals surface area contributed by atoms with Crippen molar-refractivity contribution in [3.63, 3.8) is 0 Å². The maximum Gasteiger partial charge on any atom is 0.336 e. The quantitative estimate of drug-likeness (QED) is 0.888. The lowest BCUT2D eigenvalue weighted by molar-refractivity contribution is 0.0695. The first-order valence-electron chi connectivity index (χ1n) is 5.34. The lowest BCUT2D eigenvalue weighted by Crippen LogP contribution is -2.07. The molecule has 2 rings (SSSR count). The first-order chi connectivity index (χ1) is 9.17. The molecule has 0 aliphatic carbocycles. The van der Waals surface area contributed by atoms with Gasteiger partial charge in [-0.3, -0.25) is 0 Å². The summed E-state index contributed by atoms with van der Waals surface area (Å²) < 4.78 is 1.46. The summed E-state index contributed by atoms with van der Waals surface area (Å²) in [5.41, 5.74) is 0.880. The van der Waals surface area contributed by atoms with Crippen LogP contribution in [0, 0.1) is 22.7 Å². The predicted octanol–water partition coefficient (Wildman–Crippen LogP) is 1.37. The van der Waals surface area contributed by atoms with Gasteiger partial charge in [-0.1, -0.05) is 18.2 Å². The second kappa shape index (κ2) is 5.03. The van der Waals surface area contributed by atoms with Crippen LogP contribution >= 0.6 is 0 Å². The second-order valence-corrected chi connectivity index (χ2v) is 3.76. The van der Waals surface area contributed by atoms with E-state index in [-0.39, 0.29) is 23.5 Å². The summed E-state index contributed by atoms with van der Waals surface area (Å²) in [6, 6.07) is 10.2. The molecule has 1 aromatic carbocycles. The number of imidazole rings is 1. The zero-order valence-electron chi connectivity index (χ0n) is 9.74. The third kappa shape index (κ3) is 2.28. The number of nitrogens with zero attached hydrogens (tertiary/aromatic N) is 4. The van der Waals surface area contributed by atoms with Crippen molar-refractivity contribution >= 4 is 5.97 Å². The molecule has 1 aromatic heterocycles. The van der Waals surface area contributed by atoms with Crippen LogP contribution in [-0.2, 0) is 6.54 Å². The number of hydrogen-bond donors (Lipinski definition) is 1. The summed E-state index contributed by atoms with van der Waals surface area (Å²) in [5, 5.41) is 26.9. The molecular weight excluding hydrogens is 244 g/mol. The van der Waals surface area contributed by atoms with E-state index in [2.05, 4.69) is 4.98 Å². The van der Waals surface area contributed by atoms with Crippen LogP contribution in [0.3, 0.4) is 0 Å². The van der Waals surface area contributed by atoms with E-state index in [4.69, 9.17) is 15.6 Å². The molecule has 6 nitrogen and oxygen atoms in total. The maximum atomic E-state index is 11.1. The van der Waals surface area contributed by atoms with Gasteiger partial charge in [0.25, 0.3) is 0 Å². The molecular formula is C13H8N4O2. The fraction of sp³-hybridized carbons (Fsp3) is 0.0769. The third-order valence-electron chi connectivity index (χ3n) is 2.64. The fourth-order valence-electron chi connectivity index (χ4n) is 1.75. The Morgan fingerprint density at radius 1 is 1.32 bits per heavy atom. The number of hydrogen-bond acceptors (Lipinski definition) is 4. The lowest BCUT2D eigenvalue weighted by atomic mass is 10.1. The van der Waals surface area contributed by atoms with Gasteiger partial charge in [-0.2, -0.15) is 10.5 Å². The van der Waals surface area contributed by atoms with Crippen molar-refractivity contribution in [3.05, 3.63) is 53.1 Å². The summed E-state index contributed by atoms with van der Waals surface area (Å²) >= 11 is 0. The monoisotopic (exact) mass is 252 g/mol. The van der Waals surface area contributed by atoms with Gasteiger partial charge in [0.1, 0.15) is 12.1 Å². The van der Waals surface area contributed by atoms with Crippen molar-refractivity contribution in [2.24, 2.45) is 0 Å². The molecule has 0 amide bonds. The van der Waals surface area contributed by atoms with Crippen LogP contribution in [0.25, 0.3) is 0 Å². The molecule has 0 aliphatic rings. The molecule has 0 spiro atoms. The minimum atomic E-state index is -1.03. The molecule has 19 heavy (non-hydrogen) atoms. The Hall–Kier alpha value is -3.12. The number of carboxylic acids is 1. The zero-order valence-corrected chi connectivity index (χ0v) is 9.74. The van der Waals surface area contributed by atoms with Crippen molar-refractivity contribution < 1.29 is 9.90 Å². The highest BCUT2D eigenvalue weighted by Gasteiger charge is 2.13. The molecule has 0 atom stereocenters. The van der Waals surface area contributed by atoms with Crippen molar-refractivity contribution in [1.29, 1.82) is 10.5 Å². The Balaban J connectivity index is 2.44. The average molecular weight is 252 g/mol. The Kier molecular flexibility index (Phi) is 3.26. The number of benzene rings is 1. The van der Waals surface area contributed by atoms with Crippen LogP contribution in [0.1, 0.15) is 27.3 Å². The summed E-state index contributed by atoms with van der Waals surface area (Å²) in [6.07, 6.45) is 1.36. The molecule has 0 saturated heterocycles. The van der Waals surface area contributed by atoms with E-state index in [9.17, 15) is 4.79 Å². The molecule has 0 unspecified atom stereocenters. The minimum Gasteiger partial charge on any atom is -0.478 e. The standard InChI is InChI=1S/C13H8N4O2/c14-5-11-12(6-15)17(8-16-11)7-9-3-1-2-4-10(9)13(18)19/h1-4,8H,7H2,(H,18,19). The Labute approximate surface area is 108 Å². The Morgan fingerprint density at radius 3 is 2.68 bits per heavy atom. The molecule has 0 bridgehead atoms. The van der Waals surface area contributed by atoms with Crippen molar-refractivity contribution in [2.75, 3.05) is 0 Å². The van der Waals surface area contributed by atoms with E-state index in [0.29, 0.717) is 5.56 Å². The summed E-state index contributed by atoms with van der Waals surface area (Å²) in [5.74, 6) is -1.03. The molecule has 0 fully saturated rings. The van der Waals surface area contributed by atoms with Crippen LogP contribution in [0.5, 0.6) is 0 Å². The van der Waals surface area contributed by atoms with Crippen molar-refractivity contribution in [2.45, 2.75) is 6.54 Å². The largest absolute Gasteiger partial charge is 0.478 e.